The minimum Gasteiger partial charge on any atom is -0.444 e. The van der Waals surface area contributed by atoms with Gasteiger partial charge in [-0.3, -0.25) is 0 Å². The highest BCUT2D eigenvalue weighted by atomic mass is 79.9. The minimum atomic E-state index is -0.470. The van der Waals surface area contributed by atoms with Gasteiger partial charge < -0.3 is 15.0 Å². The molecule has 0 bridgehead atoms. The van der Waals surface area contributed by atoms with Crippen molar-refractivity contribution >= 4 is 27.8 Å². The SMILES string of the molecule is CC(C)(C)OC(=O)NC1CCCN(c2ncccc2Br)C1. The average molecular weight is 356 g/mol. The van der Waals surface area contributed by atoms with Crippen LogP contribution in [-0.2, 0) is 4.74 Å². The molecule has 0 aliphatic carbocycles. The predicted molar refractivity (Wildman–Crippen MR) is 86.5 cm³/mol. The Morgan fingerprint density at radius 3 is 2.95 bits per heavy atom. The maximum absolute atomic E-state index is 11.9. The maximum atomic E-state index is 11.9. The molecule has 1 aromatic rings. The molecule has 1 aliphatic heterocycles. The predicted octanol–water partition coefficient (Wildman–Crippen LogP) is 3.34. The number of alkyl carbamates (subject to hydrolysis) is 1. The van der Waals surface area contributed by atoms with E-state index in [1.165, 1.54) is 0 Å². The van der Waals surface area contributed by atoms with E-state index in [0.29, 0.717) is 0 Å². The van der Waals surface area contributed by atoms with Gasteiger partial charge >= 0.3 is 6.09 Å². The molecule has 21 heavy (non-hydrogen) atoms. The number of aromatic nitrogens is 1. The zero-order valence-corrected chi connectivity index (χ0v) is 14.3. The number of carbonyl (C=O) groups is 1. The number of carbonyl (C=O) groups excluding carboxylic acids is 1. The number of hydrogen-bond donors (Lipinski definition) is 1. The highest BCUT2D eigenvalue weighted by Crippen LogP contribution is 2.25. The van der Waals surface area contributed by atoms with Gasteiger partial charge in [-0.2, -0.15) is 0 Å². The first-order chi connectivity index (χ1) is 9.85. The van der Waals surface area contributed by atoms with Crippen LogP contribution in [0.1, 0.15) is 33.6 Å². The second kappa shape index (κ2) is 6.64. The Balaban J connectivity index is 1.95. The van der Waals surface area contributed by atoms with Gasteiger partial charge in [-0.05, 0) is 61.7 Å². The normalized spacial score (nSPS) is 19.2. The van der Waals surface area contributed by atoms with E-state index in [1.54, 1.807) is 6.20 Å². The van der Waals surface area contributed by atoms with Crippen molar-refractivity contribution in [2.75, 3.05) is 18.0 Å². The molecule has 116 valence electrons. The summed E-state index contributed by atoms with van der Waals surface area (Å²) in [7, 11) is 0. The molecule has 0 spiro atoms. The maximum Gasteiger partial charge on any atom is 0.407 e. The van der Waals surface area contributed by atoms with E-state index in [2.05, 4.69) is 31.1 Å². The Morgan fingerprint density at radius 2 is 2.29 bits per heavy atom. The molecule has 2 rings (SSSR count). The minimum absolute atomic E-state index is 0.0857. The van der Waals surface area contributed by atoms with Gasteiger partial charge in [0.15, 0.2) is 0 Å². The number of piperidine rings is 1. The lowest BCUT2D eigenvalue weighted by atomic mass is 10.1. The zero-order valence-electron chi connectivity index (χ0n) is 12.7. The fourth-order valence-corrected chi connectivity index (χ4v) is 2.88. The van der Waals surface area contributed by atoms with Crippen LogP contribution in [0.3, 0.4) is 0 Å². The standard InChI is InChI=1S/C15H22BrN3O2/c1-15(2,3)21-14(20)18-11-6-5-9-19(10-11)13-12(16)7-4-8-17-13/h4,7-8,11H,5-6,9-10H2,1-3H3,(H,18,20). The molecule has 1 N–H and O–H groups in total. The molecular weight excluding hydrogens is 334 g/mol. The van der Waals surface area contributed by atoms with Crippen LogP contribution in [0, 0.1) is 0 Å². The van der Waals surface area contributed by atoms with Gasteiger partial charge in [0.1, 0.15) is 11.4 Å². The summed E-state index contributed by atoms with van der Waals surface area (Å²) in [6.45, 7) is 7.29. The van der Waals surface area contributed by atoms with Crippen molar-refractivity contribution in [3.05, 3.63) is 22.8 Å². The number of rotatable bonds is 2. The first kappa shape index (κ1) is 16.1. The Hall–Kier alpha value is -1.30. The molecule has 1 unspecified atom stereocenters. The number of nitrogens with one attached hydrogen (secondary N) is 1. The van der Waals surface area contributed by atoms with E-state index in [1.807, 2.05) is 32.9 Å². The lowest BCUT2D eigenvalue weighted by Crippen LogP contribution is -2.49. The van der Waals surface area contributed by atoms with Gasteiger partial charge in [0.05, 0.1) is 4.47 Å². The van der Waals surface area contributed by atoms with Crippen molar-refractivity contribution in [1.29, 1.82) is 0 Å². The number of hydrogen-bond acceptors (Lipinski definition) is 4. The van der Waals surface area contributed by atoms with Crippen LogP contribution >= 0.6 is 15.9 Å². The van der Waals surface area contributed by atoms with Gasteiger partial charge in [0.25, 0.3) is 0 Å². The van der Waals surface area contributed by atoms with E-state index in [-0.39, 0.29) is 12.1 Å². The molecular formula is C15H22BrN3O2. The molecule has 1 atom stereocenters. The number of anilines is 1. The van der Waals surface area contributed by atoms with Crippen LogP contribution in [0.4, 0.5) is 10.6 Å². The summed E-state index contributed by atoms with van der Waals surface area (Å²) in [5.41, 5.74) is -0.470. The highest BCUT2D eigenvalue weighted by Gasteiger charge is 2.25. The average Bonchev–Trinajstić information content (AvgIpc) is 2.37. The molecule has 1 aliphatic rings. The van der Waals surface area contributed by atoms with Crippen LogP contribution in [0.25, 0.3) is 0 Å². The number of nitrogens with zero attached hydrogens (tertiary/aromatic N) is 2. The molecule has 2 heterocycles. The Labute approximate surface area is 134 Å². The Kier molecular flexibility index (Phi) is 5.08. The van der Waals surface area contributed by atoms with Gasteiger partial charge in [0.2, 0.25) is 0 Å². The van der Waals surface area contributed by atoms with Crippen molar-refractivity contribution < 1.29 is 9.53 Å². The topological polar surface area (TPSA) is 54.5 Å². The van der Waals surface area contributed by atoms with E-state index in [4.69, 9.17) is 4.74 Å². The molecule has 5 nitrogen and oxygen atoms in total. The van der Waals surface area contributed by atoms with Crippen molar-refractivity contribution in [2.45, 2.75) is 45.3 Å². The lowest BCUT2D eigenvalue weighted by Gasteiger charge is -2.34. The van der Waals surface area contributed by atoms with Gasteiger partial charge in [0, 0.05) is 25.3 Å². The van der Waals surface area contributed by atoms with E-state index < -0.39 is 5.60 Å². The molecule has 6 heteroatoms. The second-order valence-electron chi connectivity index (χ2n) is 6.24. The summed E-state index contributed by atoms with van der Waals surface area (Å²) < 4.78 is 6.29. The zero-order chi connectivity index (χ0) is 15.5. The van der Waals surface area contributed by atoms with Gasteiger partial charge in [-0.15, -0.1) is 0 Å². The van der Waals surface area contributed by atoms with Crippen LogP contribution in [-0.4, -0.2) is 35.8 Å². The second-order valence-corrected chi connectivity index (χ2v) is 7.09. The lowest BCUT2D eigenvalue weighted by molar-refractivity contribution is 0.0500. The third-order valence-electron chi connectivity index (χ3n) is 3.18. The smallest absolute Gasteiger partial charge is 0.407 e. The fraction of sp³-hybridized carbons (Fsp3) is 0.600. The molecule has 0 radical (unpaired) electrons. The van der Waals surface area contributed by atoms with Crippen molar-refractivity contribution in [3.8, 4) is 0 Å². The van der Waals surface area contributed by atoms with Gasteiger partial charge in [-0.25, -0.2) is 9.78 Å². The molecule has 1 saturated heterocycles. The first-order valence-corrected chi connectivity index (χ1v) is 7.99. The fourth-order valence-electron chi connectivity index (χ4n) is 2.37. The van der Waals surface area contributed by atoms with E-state index >= 15 is 0 Å². The molecule has 0 aromatic carbocycles. The molecule has 1 aromatic heterocycles. The van der Waals surface area contributed by atoms with E-state index in [0.717, 1.165) is 36.2 Å². The van der Waals surface area contributed by atoms with Crippen LogP contribution in [0.2, 0.25) is 0 Å². The Morgan fingerprint density at radius 1 is 1.52 bits per heavy atom. The highest BCUT2D eigenvalue weighted by molar-refractivity contribution is 9.10. The number of pyridine rings is 1. The van der Waals surface area contributed by atoms with Crippen LogP contribution in [0.15, 0.2) is 22.8 Å². The molecule has 1 fully saturated rings. The molecule has 1 amide bonds. The number of amides is 1. The number of halogens is 1. The summed E-state index contributed by atoms with van der Waals surface area (Å²) in [6, 6.07) is 3.96. The summed E-state index contributed by atoms with van der Waals surface area (Å²) in [4.78, 5) is 18.5. The third-order valence-corrected chi connectivity index (χ3v) is 3.80. The van der Waals surface area contributed by atoms with Crippen LogP contribution in [0.5, 0.6) is 0 Å². The number of ether oxygens (including phenoxy) is 1. The quantitative estimate of drug-likeness (QED) is 0.883. The van der Waals surface area contributed by atoms with Crippen molar-refractivity contribution in [2.24, 2.45) is 0 Å². The summed E-state index contributed by atoms with van der Waals surface area (Å²) in [5, 5.41) is 2.95. The van der Waals surface area contributed by atoms with E-state index in [9.17, 15) is 4.79 Å². The summed E-state index contributed by atoms with van der Waals surface area (Å²) in [5.74, 6) is 0.924. The summed E-state index contributed by atoms with van der Waals surface area (Å²) in [6.07, 6.45) is 3.41. The first-order valence-electron chi connectivity index (χ1n) is 7.20. The molecule has 0 saturated carbocycles. The van der Waals surface area contributed by atoms with Crippen molar-refractivity contribution in [3.63, 3.8) is 0 Å². The summed E-state index contributed by atoms with van der Waals surface area (Å²) >= 11 is 3.53. The van der Waals surface area contributed by atoms with Crippen LogP contribution < -0.4 is 10.2 Å². The Bertz CT molecular complexity index is 502. The van der Waals surface area contributed by atoms with Gasteiger partial charge in [-0.1, -0.05) is 0 Å². The largest absolute Gasteiger partial charge is 0.444 e. The van der Waals surface area contributed by atoms with Crippen molar-refractivity contribution in [1.82, 2.24) is 10.3 Å². The monoisotopic (exact) mass is 355 g/mol. The third kappa shape index (κ3) is 4.88.